The van der Waals surface area contributed by atoms with Gasteiger partial charge in [0.2, 0.25) is 0 Å². The maximum Gasteiger partial charge on any atom is 0.338 e. The van der Waals surface area contributed by atoms with Gasteiger partial charge < -0.3 is 19.5 Å². The van der Waals surface area contributed by atoms with Crippen LogP contribution >= 0.6 is 0 Å². The van der Waals surface area contributed by atoms with Gasteiger partial charge in [-0.1, -0.05) is 20.8 Å². The van der Waals surface area contributed by atoms with Gasteiger partial charge in [0.15, 0.2) is 18.1 Å². The van der Waals surface area contributed by atoms with Crippen LogP contribution in [0.5, 0.6) is 11.5 Å². The molecule has 0 unspecified atom stereocenters. The highest BCUT2D eigenvalue weighted by Crippen LogP contribution is 2.28. The zero-order valence-corrected chi connectivity index (χ0v) is 15.0. The predicted molar refractivity (Wildman–Crippen MR) is 91.5 cm³/mol. The Morgan fingerprint density at radius 2 is 1.88 bits per heavy atom. The third-order valence-corrected chi connectivity index (χ3v) is 3.33. The first-order chi connectivity index (χ1) is 11.4. The second-order valence-corrected chi connectivity index (χ2v) is 6.02. The third-order valence-electron chi connectivity index (χ3n) is 3.33. The molecule has 0 aliphatic carbocycles. The van der Waals surface area contributed by atoms with Gasteiger partial charge >= 0.3 is 5.97 Å². The van der Waals surface area contributed by atoms with Gasteiger partial charge in [0.05, 0.1) is 19.3 Å². The van der Waals surface area contributed by atoms with Crippen molar-refractivity contribution in [3.63, 3.8) is 0 Å². The number of amides is 1. The Kier molecular flexibility index (Phi) is 8.09. The van der Waals surface area contributed by atoms with E-state index in [0.717, 1.165) is 6.42 Å². The first-order valence-electron chi connectivity index (χ1n) is 8.14. The molecule has 0 fully saturated rings. The molecule has 1 aromatic rings. The van der Waals surface area contributed by atoms with Crippen LogP contribution in [0.1, 0.15) is 44.5 Å². The van der Waals surface area contributed by atoms with Crippen molar-refractivity contribution in [2.24, 2.45) is 5.92 Å². The summed E-state index contributed by atoms with van der Waals surface area (Å²) in [5.41, 5.74) is 0.306. The van der Waals surface area contributed by atoms with E-state index >= 15 is 0 Å². The van der Waals surface area contributed by atoms with Crippen LogP contribution in [0.25, 0.3) is 0 Å². The molecule has 134 valence electrons. The maximum absolute atomic E-state index is 12.1. The van der Waals surface area contributed by atoms with E-state index in [-0.39, 0.29) is 18.6 Å². The minimum Gasteiger partial charge on any atom is -0.493 e. The van der Waals surface area contributed by atoms with Crippen LogP contribution in [-0.2, 0) is 9.53 Å². The van der Waals surface area contributed by atoms with Gasteiger partial charge in [-0.25, -0.2) is 4.79 Å². The Balaban J connectivity index is 2.65. The summed E-state index contributed by atoms with van der Waals surface area (Å²) in [5, 5.41) is 2.73. The molecular formula is C18H27NO5. The zero-order chi connectivity index (χ0) is 18.1. The smallest absolute Gasteiger partial charge is 0.338 e. The van der Waals surface area contributed by atoms with E-state index in [0.29, 0.717) is 29.6 Å². The third kappa shape index (κ3) is 6.48. The molecule has 0 aliphatic rings. The summed E-state index contributed by atoms with van der Waals surface area (Å²) >= 11 is 0. The standard InChI is InChI=1S/C18H27NO5/c1-6-13(4)19-17(20)11-24-18(21)14-7-8-15(16(9-14)22-5)23-10-12(2)3/h7-9,12-13H,6,10-11H2,1-5H3,(H,19,20)/t13-/m1/s1. The van der Waals surface area contributed by atoms with E-state index in [1.807, 2.05) is 27.7 Å². The number of benzene rings is 1. The number of methoxy groups -OCH3 is 1. The summed E-state index contributed by atoms with van der Waals surface area (Å²) in [5.74, 6) is 0.499. The number of rotatable bonds is 9. The lowest BCUT2D eigenvalue weighted by Gasteiger charge is -2.14. The van der Waals surface area contributed by atoms with E-state index in [1.165, 1.54) is 7.11 Å². The minimum atomic E-state index is -0.581. The molecule has 1 atom stereocenters. The number of esters is 1. The van der Waals surface area contributed by atoms with Crippen molar-refractivity contribution in [1.29, 1.82) is 0 Å². The van der Waals surface area contributed by atoms with E-state index < -0.39 is 5.97 Å². The topological polar surface area (TPSA) is 73.9 Å². The van der Waals surface area contributed by atoms with E-state index in [2.05, 4.69) is 5.32 Å². The van der Waals surface area contributed by atoms with Crippen molar-refractivity contribution >= 4 is 11.9 Å². The van der Waals surface area contributed by atoms with Crippen LogP contribution in [0.15, 0.2) is 18.2 Å². The van der Waals surface area contributed by atoms with Crippen LogP contribution in [0, 0.1) is 5.92 Å². The number of ether oxygens (including phenoxy) is 3. The number of nitrogens with one attached hydrogen (secondary N) is 1. The molecule has 0 saturated carbocycles. The molecule has 6 nitrogen and oxygen atoms in total. The number of carbonyl (C=O) groups excluding carboxylic acids is 2. The highest BCUT2D eigenvalue weighted by atomic mass is 16.5. The summed E-state index contributed by atoms with van der Waals surface area (Å²) in [7, 11) is 1.51. The summed E-state index contributed by atoms with van der Waals surface area (Å²) < 4.78 is 15.9. The summed E-state index contributed by atoms with van der Waals surface area (Å²) in [6.45, 7) is 8.19. The van der Waals surface area contributed by atoms with Crippen molar-refractivity contribution in [3.05, 3.63) is 23.8 Å². The Morgan fingerprint density at radius 1 is 1.17 bits per heavy atom. The predicted octanol–water partition coefficient (Wildman–Crippen LogP) is 2.80. The van der Waals surface area contributed by atoms with Crippen LogP contribution in [0.2, 0.25) is 0 Å². The second kappa shape index (κ2) is 9.80. The average Bonchev–Trinajstić information content (AvgIpc) is 2.57. The largest absolute Gasteiger partial charge is 0.493 e. The molecule has 6 heteroatoms. The fourth-order valence-corrected chi connectivity index (χ4v) is 1.80. The SMILES string of the molecule is CC[C@@H](C)NC(=O)COC(=O)c1ccc(OCC(C)C)c(OC)c1. The van der Waals surface area contributed by atoms with Crippen LogP contribution < -0.4 is 14.8 Å². The van der Waals surface area contributed by atoms with Crippen molar-refractivity contribution in [3.8, 4) is 11.5 Å². The summed E-state index contributed by atoms with van der Waals surface area (Å²) in [6.07, 6.45) is 0.814. The number of hydrogen-bond donors (Lipinski definition) is 1. The van der Waals surface area contributed by atoms with E-state index in [1.54, 1.807) is 18.2 Å². The fraction of sp³-hybridized carbons (Fsp3) is 0.556. The quantitative estimate of drug-likeness (QED) is 0.701. The Bertz CT molecular complexity index is 556. The summed E-state index contributed by atoms with van der Waals surface area (Å²) in [6, 6.07) is 4.85. The van der Waals surface area contributed by atoms with Crippen molar-refractivity contribution in [2.45, 2.75) is 40.2 Å². The molecule has 0 spiro atoms. The molecule has 1 N–H and O–H groups in total. The van der Waals surface area contributed by atoms with Crippen LogP contribution in [-0.4, -0.2) is 38.2 Å². The molecule has 0 bridgehead atoms. The van der Waals surface area contributed by atoms with E-state index in [9.17, 15) is 9.59 Å². The average molecular weight is 337 g/mol. The first kappa shape index (κ1) is 19.8. The van der Waals surface area contributed by atoms with Crippen molar-refractivity contribution < 1.29 is 23.8 Å². The molecule has 0 heterocycles. The van der Waals surface area contributed by atoms with Crippen molar-refractivity contribution in [1.82, 2.24) is 5.32 Å². The van der Waals surface area contributed by atoms with Crippen molar-refractivity contribution in [2.75, 3.05) is 20.3 Å². The zero-order valence-electron chi connectivity index (χ0n) is 15.0. The minimum absolute atomic E-state index is 0.0497. The number of hydrogen-bond acceptors (Lipinski definition) is 5. The molecule has 1 rings (SSSR count). The highest BCUT2D eigenvalue weighted by molar-refractivity contribution is 5.92. The van der Waals surface area contributed by atoms with Crippen LogP contribution in [0.4, 0.5) is 0 Å². The molecule has 0 radical (unpaired) electrons. The van der Waals surface area contributed by atoms with Gasteiger partial charge in [-0.3, -0.25) is 4.79 Å². The second-order valence-electron chi connectivity index (χ2n) is 6.02. The molecule has 0 aromatic heterocycles. The van der Waals surface area contributed by atoms with Gasteiger partial charge in [0.25, 0.3) is 5.91 Å². The Morgan fingerprint density at radius 3 is 2.46 bits per heavy atom. The molecule has 0 aliphatic heterocycles. The lowest BCUT2D eigenvalue weighted by Crippen LogP contribution is -2.35. The van der Waals surface area contributed by atoms with Gasteiger partial charge in [0.1, 0.15) is 0 Å². The monoisotopic (exact) mass is 337 g/mol. The van der Waals surface area contributed by atoms with Gasteiger partial charge in [0, 0.05) is 6.04 Å². The lowest BCUT2D eigenvalue weighted by molar-refractivity contribution is -0.124. The number of carbonyl (C=O) groups is 2. The summed E-state index contributed by atoms with van der Waals surface area (Å²) in [4.78, 5) is 23.7. The van der Waals surface area contributed by atoms with Crippen LogP contribution in [0.3, 0.4) is 0 Å². The molecule has 1 aromatic carbocycles. The van der Waals surface area contributed by atoms with Gasteiger partial charge in [-0.15, -0.1) is 0 Å². The molecule has 24 heavy (non-hydrogen) atoms. The normalized spacial score (nSPS) is 11.8. The highest BCUT2D eigenvalue weighted by Gasteiger charge is 2.15. The molecule has 1 amide bonds. The molecular weight excluding hydrogens is 310 g/mol. The maximum atomic E-state index is 12.1. The Hall–Kier alpha value is -2.24. The van der Waals surface area contributed by atoms with Gasteiger partial charge in [-0.05, 0) is 37.5 Å². The fourth-order valence-electron chi connectivity index (χ4n) is 1.80. The van der Waals surface area contributed by atoms with E-state index in [4.69, 9.17) is 14.2 Å². The lowest BCUT2D eigenvalue weighted by atomic mass is 10.2. The van der Waals surface area contributed by atoms with Gasteiger partial charge in [-0.2, -0.15) is 0 Å². The molecule has 0 saturated heterocycles. The Labute approximate surface area is 143 Å². The first-order valence-corrected chi connectivity index (χ1v) is 8.14.